The molecular formula is C18H23N3O3. The van der Waals surface area contributed by atoms with E-state index in [0.29, 0.717) is 16.9 Å². The molecule has 0 bridgehead atoms. The molecule has 0 atom stereocenters. The van der Waals surface area contributed by atoms with E-state index in [4.69, 9.17) is 0 Å². The summed E-state index contributed by atoms with van der Waals surface area (Å²) in [6.07, 6.45) is 0. The number of nitrogens with one attached hydrogen (secondary N) is 2. The number of carbonyl (C=O) groups is 2. The second kappa shape index (κ2) is 6.11. The molecule has 128 valence electrons. The number of carboxylic acids is 1. The molecule has 1 aromatic heterocycles. The van der Waals surface area contributed by atoms with Gasteiger partial charge in [0, 0.05) is 16.8 Å². The summed E-state index contributed by atoms with van der Waals surface area (Å²) in [7, 11) is 0. The van der Waals surface area contributed by atoms with Crippen molar-refractivity contribution in [3.63, 3.8) is 0 Å². The first-order valence-electron chi connectivity index (χ1n) is 7.73. The van der Waals surface area contributed by atoms with Gasteiger partial charge in [-0.2, -0.15) is 5.10 Å². The van der Waals surface area contributed by atoms with Crippen LogP contribution in [0.25, 0.3) is 0 Å². The van der Waals surface area contributed by atoms with Crippen molar-refractivity contribution in [1.29, 1.82) is 0 Å². The first kappa shape index (κ1) is 17.7. The van der Waals surface area contributed by atoms with Crippen LogP contribution < -0.4 is 5.32 Å². The van der Waals surface area contributed by atoms with Crippen molar-refractivity contribution in [2.24, 2.45) is 0 Å². The molecule has 2 aromatic rings. The van der Waals surface area contributed by atoms with E-state index in [2.05, 4.69) is 15.5 Å². The van der Waals surface area contributed by atoms with Gasteiger partial charge in [0.15, 0.2) is 5.69 Å². The van der Waals surface area contributed by atoms with Gasteiger partial charge in [-0.15, -0.1) is 0 Å². The fraction of sp³-hybridized carbons (Fsp3) is 0.389. The van der Waals surface area contributed by atoms with Crippen molar-refractivity contribution >= 4 is 17.6 Å². The van der Waals surface area contributed by atoms with E-state index in [9.17, 15) is 14.7 Å². The minimum Gasteiger partial charge on any atom is -0.481 e. The Hall–Kier alpha value is -2.63. The van der Waals surface area contributed by atoms with Gasteiger partial charge in [-0.05, 0) is 37.6 Å². The molecular weight excluding hydrogens is 306 g/mol. The molecule has 6 heteroatoms. The smallest absolute Gasteiger partial charge is 0.313 e. The van der Waals surface area contributed by atoms with Crippen LogP contribution in [0, 0.1) is 0 Å². The number of aromatic nitrogens is 2. The fourth-order valence-corrected chi connectivity index (χ4v) is 2.11. The van der Waals surface area contributed by atoms with Crippen molar-refractivity contribution in [1.82, 2.24) is 10.2 Å². The van der Waals surface area contributed by atoms with Gasteiger partial charge in [-0.3, -0.25) is 14.7 Å². The SMILES string of the molecule is CC(C)(C)c1cc(C(=O)Nc2ccc(C(C)(C)C(=O)O)cc2)n[nH]1. The number of carbonyl (C=O) groups excluding carboxylic acids is 1. The molecule has 0 saturated heterocycles. The van der Waals surface area contributed by atoms with Gasteiger partial charge in [0.1, 0.15) is 0 Å². The molecule has 1 aromatic carbocycles. The molecule has 0 spiro atoms. The summed E-state index contributed by atoms with van der Waals surface area (Å²) in [5.74, 6) is -1.21. The van der Waals surface area contributed by atoms with Crippen LogP contribution in [-0.2, 0) is 15.6 Å². The first-order chi connectivity index (χ1) is 11.0. The van der Waals surface area contributed by atoms with Gasteiger partial charge in [0.25, 0.3) is 5.91 Å². The number of carboxylic acid groups (broad SMARTS) is 1. The van der Waals surface area contributed by atoms with Crippen molar-refractivity contribution in [2.45, 2.75) is 45.4 Å². The Morgan fingerprint density at radius 1 is 1.08 bits per heavy atom. The number of amides is 1. The van der Waals surface area contributed by atoms with Crippen LogP contribution in [0.15, 0.2) is 30.3 Å². The van der Waals surface area contributed by atoms with E-state index in [0.717, 1.165) is 5.69 Å². The quantitative estimate of drug-likeness (QED) is 0.802. The Balaban J connectivity index is 2.13. The van der Waals surface area contributed by atoms with Gasteiger partial charge in [-0.25, -0.2) is 0 Å². The maximum absolute atomic E-state index is 12.3. The van der Waals surface area contributed by atoms with Crippen LogP contribution in [0.2, 0.25) is 0 Å². The standard InChI is InChI=1S/C18H23N3O3/c1-17(2,3)14-10-13(20-21-14)15(22)19-12-8-6-11(7-9-12)18(4,5)16(23)24/h6-10H,1-5H3,(H,19,22)(H,20,21)(H,23,24). The lowest BCUT2D eigenvalue weighted by Gasteiger charge is -2.19. The van der Waals surface area contributed by atoms with E-state index in [-0.39, 0.29) is 11.3 Å². The normalized spacial score (nSPS) is 12.0. The van der Waals surface area contributed by atoms with Gasteiger partial charge >= 0.3 is 5.97 Å². The fourth-order valence-electron chi connectivity index (χ4n) is 2.11. The van der Waals surface area contributed by atoms with E-state index >= 15 is 0 Å². The Morgan fingerprint density at radius 2 is 1.67 bits per heavy atom. The molecule has 0 radical (unpaired) electrons. The number of H-pyrrole nitrogens is 1. The average Bonchev–Trinajstić information content (AvgIpc) is 2.97. The zero-order valence-corrected chi connectivity index (χ0v) is 14.6. The highest BCUT2D eigenvalue weighted by Crippen LogP contribution is 2.25. The largest absolute Gasteiger partial charge is 0.481 e. The molecule has 1 amide bonds. The lowest BCUT2D eigenvalue weighted by Crippen LogP contribution is -2.28. The molecule has 0 aliphatic heterocycles. The van der Waals surface area contributed by atoms with Crippen LogP contribution >= 0.6 is 0 Å². The first-order valence-corrected chi connectivity index (χ1v) is 7.73. The topological polar surface area (TPSA) is 95.1 Å². The number of benzene rings is 1. The molecule has 0 aliphatic carbocycles. The maximum atomic E-state index is 12.3. The maximum Gasteiger partial charge on any atom is 0.313 e. The number of hydrogen-bond donors (Lipinski definition) is 3. The predicted octanol–water partition coefficient (Wildman–Crippen LogP) is 3.32. The number of anilines is 1. The molecule has 0 aliphatic rings. The van der Waals surface area contributed by atoms with Crippen LogP contribution in [0.1, 0.15) is 56.4 Å². The highest BCUT2D eigenvalue weighted by atomic mass is 16.4. The van der Waals surface area contributed by atoms with Crippen LogP contribution in [0.5, 0.6) is 0 Å². The van der Waals surface area contributed by atoms with Gasteiger partial charge in [0.2, 0.25) is 0 Å². The number of hydrogen-bond acceptors (Lipinski definition) is 3. The summed E-state index contributed by atoms with van der Waals surface area (Å²) in [6.45, 7) is 9.38. The molecule has 0 fully saturated rings. The van der Waals surface area contributed by atoms with Crippen molar-refractivity contribution in [3.8, 4) is 0 Å². The highest BCUT2D eigenvalue weighted by Gasteiger charge is 2.29. The Kier molecular flexibility index (Phi) is 4.51. The number of aliphatic carboxylic acids is 1. The summed E-state index contributed by atoms with van der Waals surface area (Å²) in [6, 6.07) is 8.52. The predicted molar refractivity (Wildman–Crippen MR) is 92.3 cm³/mol. The second-order valence-corrected chi connectivity index (χ2v) is 7.38. The third-order valence-corrected chi connectivity index (χ3v) is 4.02. The van der Waals surface area contributed by atoms with Crippen molar-refractivity contribution < 1.29 is 14.7 Å². The van der Waals surface area contributed by atoms with Gasteiger partial charge in [-0.1, -0.05) is 32.9 Å². The van der Waals surface area contributed by atoms with E-state index in [1.54, 1.807) is 44.2 Å². The second-order valence-electron chi connectivity index (χ2n) is 7.38. The summed E-state index contributed by atoms with van der Waals surface area (Å²) in [5, 5.41) is 18.9. The molecule has 0 saturated carbocycles. The van der Waals surface area contributed by atoms with Crippen LogP contribution in [-0.4, -0.2) is 27.2 Å². The lowest BCUT2D eigenvalue weighted by atomic mass is 9.85. The molecule has 0 unspecified atom stereocenters. The summed E-state index contributed by atoms with van der Waals surface area (Å²) < 4.78 is 0. The average molecular weight is 329 g/mol. The zero-order valence-electron chi connectivity index (χ0n) is 14.6. The zero-order chi connectivity index (χ0) is 18.1. The highest BCUT2D eigenvalue weighted by molar-refractivity contribution is 6.03. The minimum atomic E-state index is -0.980. The van der Waals surface area contributed by atoms with E-state index < -0.39 is 11.4 Å². The number of nitrogens with zero attached hydrogens (tertiary/aromatic N) is 1. The monoisotopic (exact) mass is 329 g/mol. The van der Waals surface area contributed by atoms with Crippen LogP contribution in [0.3, 0.4) is 0 Å². The number of aromatic amines is 1. The lowest BCUT2D eigenvalue weighted by molar-refractivity contribution is -0.142. The molecule has 6 nitrogen and oxygen atoms in total. The third-order valence-electron chi connectivity index (χ3n) is 4.02. The number of rotatable bonds is 4. The molecule has 2 rings (SSSR count). The minimum absolute atomic E-state index is 0.115. The van der Waals surface area contributed by atoms with E-state index in [1.807, 2.05) is 20.8 Å². The summed E-state index contributed by atoms with van der Waals surface area (Å²) in [5.41, 5.74) is 1.36. The summed E-state index contributed by atoms with van der Waals surface area (Å²) >= 11 is 0. The summed E-state index contributed by atoms with van der Waals surface area (Å²) in [4.78, 5) is 23.5. The van der Waals surface area contributed by atoms with E-state index in [1.165, 1.54) is 0 Å². The van der Waals surface area contributed by atoms with Crippen molar-refractivity contribution in [2.75, 3.05) is 5.32 Å². The Labute approximate surface area is 141 Å². The molecule has 1 heterocycles. The molecule has 3 N–H and O–H groups in total. The van der Waals surface area contributed by atoms with Gasteiger partial charge in [0.05, 0.1) is 5.41 Å². The molecule has 24 heavy (non-hydrogen) atoms. The van der Waals surface area contributed by atoms with Crippen molar-refractivity contribution in [3.05, 3.63) is 47.3 Å². The Bertz CT molecular complexity index is 753. The van der Waals surface area contributed by atoms with Crippen LogP contribution in [0.4, 0.5) is 5.69 Å². The third kappa shape index (κ3) is 3.64. The Morgan fingerprint density at radius 3 is 2.12 bits per heavy atom. The van der Waals surface area contributed by atoms with Gasteiger partial charge < -0.3 is 10.4 Å².